The van der Waals surface area contributed by atoms with E-state index in [9.17, 15) is 4.39 Å². The van der Waals surface area contributed by atoms with Crippen LogP contribution in [0.2, 0.25) is 10.2 Å². The summed E-state index contributed by atoms with van der Waals surface area (Å²) in [5.41, 5.74) is 6.62. The van der Waals surface area contributed by atoms with Crippen molar-refractivity contribution in [2.24, 2.45) is 5.73 Å². The molecule has 0 bridgehead atoms. The minimum absolute atomic E-state index is 0.257. The molecule has 1 saturated heterocycles. The Morgan fingerprint density at radius 3 is 2.65 bits per heavy atom. The van der Waals surface area contributed by atoms with Crippen molar-refractivity contribution in [2.75, 3.05) is 18.0 Å². The maximum absolute atomic E-state index is 14.2. The Morgan fingerprint density at radius 2 is 1.94 bits per heavy atom. The number of piperidine rings is 1. The fourth-order valence-electron chi connectivity index (χ4n) is 4.07. The van der Waals surface area contributed by atoms with Crippen molar-refractivity contribution >= 4 is 40.8 Å². The van der Waals surface area contributed by atoms with Gasteiger partial charge in [0.25, 0.3) is 0 Å². The number of benzene rings is 1. The Labute approximate surface area is 192 Å². The molecule has 3 aromatic rings. The molecule has 0 saturated carbocycles. The minimum Gasteiger partial charge on any atom is -0.482 e. The summed E-state index contributed by atoms with van der Waals surface area (Å²) in [5.74, 6) is 0.703. The highest BCUT2D eigenvalue weighted by atomic mass is 35.5. The zero-order valence-electron chi connectivity index (χ0n) is 16.3. The van der Waals surface area contributed by atoms with Crippen LogP contribution in [0.1, 0.15) is 24.4 Å². The number of para-hydroxylation sites is 1. The Balaban J connectivity index is 1.26. The molecule has 0 radical (unpaired) electrons. The second-order valence-corrected chi connectivity index (χ2v) is 9.32. The number of pyridine rings is 1. The van der Waals surface area contributed by atoms with Crippen LogP contribution in [0, 0.1) is 5.82 Å². The minimum atomic E-state index is -0.582. The van der Waals surface area contributed by atoms with E-state index in [1.54, 1.807) is 30.7 Å². The van der Waals surface area contributed by atoms with Crippen LogP contribution >= 0.6 is 35.0 Å². The van der Waals surface area contributed by atoms with Crippen molar-refractivity contribution in [3.63, 3.8) is 0 Å². The Morgan fingerprint density at radius 1 is 1.13 bits per heavy atom. The molecule has 10 heteroatoms. The van der Waals surface area contributed by atoms with Gasteiger partial charge in [-0.25, -0.2) is 19.3 Å². The lowest BCUT2D eigenvalue weighted by Crippen LogP contribution is -2.51. The van der Waals surface area contributed by atoms with Gasteiger partial charge in [0.05, 0.1) is 23.5 Å². The number of hydrogen-bond acceptors (Lipinski definition) is 7. The molecule has 0 aliphatic carbocycles. The first kappa shape index (κ1) is 20.8. The first-order valence-corrected chi connectivity index (χ1v) is 11.3. The second kappa shape index (κ2) is 8.09. The number of nitrogens with two attached hydrogens (primary N) is 1. The van der Waals surface area contributed by atoms with E-state index in [4.69, 9.17) is 33.7 Å². The predicted molar refractivity (Wildman–Crippen MR) is 119 cm³/mol. The predicted octanol–water partition coefficient (Wildman–Crippen LogP) is 4.90. The normalized spacial score (nSPS) is 19.4. The molecule has 1 aromatic carbocycles. The summed E-state index contributed by atoms with van der Waals surface area (Å²) in [5, 5.41) is 1.35. The van der Waals surface area contributed by atoms with Crippen LogP contribution in [0.3, 0.4) is 0 Å². The molecule has 0 unspecified atom stereocenters. The Kier molecular flexibility index (Phi) is 5.42. The summed E-state index contributed by atoms with van der Waals surface area (Å²) in [4.78, 5) is 15.9. The van der Waals surface area contributed by atoms with Crippen molar-refractivity contribution in [3.8, 4) is 5.75 Å². The average Bonchev–Trinajstić information content (AvgIpc) is 3.06. The molecular formula is C21H18Cl2FN5OS. The fourth-order valence-corrected chi connectivity index (χ4v) is 5.27. The van der Waals surface area contributed by atoms with Gasteiger partial charge in [-0.1, -0.05) is 47.1 Å². The number of ether oxygens (including phenoxy) is 1. The van der Waals surface area contributed by atoms with E-state index < -0.39 is 5.60 Å². The topological polar surface area (TPSA) is 77.2 Å². The summed E-state index contributed by atoms with van der Waals surface area (Å²) >= 11 is 13.5. The van der Waals surface area contributed by atoms with Gasteiger partial charge in [0.2, 0.25) is 0 Å². The first-order chi connectivity index (χ1) is 15.0. The van der Waals surface area contributed by atoms with E-state index in [1.807, 2.05) is 6.07 Å². The van der Waals surface area contributed by atoms with Gasteiger partial charge < -0.3 is 15.4 Å². The monoisotopic (exact) mass is 477 g/mol. The number of halogens is 3. The molecule has 2 aliphatic heterocycles. The van der Waals surface area contributed by atoms with Gasteiger partial charge >= 0.3 is 0 Å². The summed E-state index contributed by atoms with van der Waals surface area (Å²) < 4.78 is 20.2. The van der Waals surface area contributed by atoms with Gasteiger partial charge in [0.1, 0.15) is 21.6 Å². The molecule has 31 heavy (non-hydrogen) atoms. The zero-order valence-corrected chi connectivity index (χ0v) is 18.6. The van der Waals surface area contributed by atoms with Gasteiger partial charge in [-0.3, -0.25) is 0 Å². The van der Waals surface area contributed by atoms with E-state index in [2.05, 4.69) is 19.9 Å². The summed E-state index contributed by atoms with van der Waals surface area (Å²) in [6.45, 7) is 1.38. The SMILES string of the molecule is N[C@@H]1c2cccc(F)c2OC12CCN(c1cnc(Sc3ccnc(Cl)c3Cl)cn1)CC2. The average molecular weight is 478 g/mol. The molecule has 2 N–H and O–H groups in total. The van der Waals surface area contributed by atoms with Gasteiger partial charge in [-0.2, -0.15) is 0 Å². The lowest BCUT2D eigenvalue weighted by Gasteiger charge is -2.41. The van der Waals surface area contributed by atoms with E-state index in [1.165, 1.54) is 17.8 Å². The van der Waals surface area contributed by atoms with Gasteiger partial charge in [-0.15, -0.1) is 0 Å². The van der Waals surface area contributed by atoms with E-state index >= 15 is 0 Å². The van der Waals surface area contributed by atoms with Crippen LogP contribution in [-0.4, -0.2) is 33.6 Å². The first-order valence-electron chi connectivity index (χ1n) is 9.75. The molecule has 4 heterocycles. The number of anilines is 1. The third kappa shape index (κ3) is 3.71. The van der Waals surface area contributed by atoms with Crippen molar-refractivity contribution in [1.82, 2.24) is 15.0 Å². The van der Waals surface area contributed by atoms with Crippen LogP contribution < -0.4 is 15.4 Å². The highest BCUT2D eigenvalue weighted by Crippen LogP contribution is 2.48. The van der Waals surface area contributed by atoms with Crippen molar-refractivity contribution in [1.29, 1.82) is 0 Å². The largest absolute Gasteiger partial charge is 0.482 e. The molecule has 5 rings (SSSR count). The van der Waals surface area contributed by atoms with E-state index in [0.29, 0.717) is 41.7 Å². The number of hydrogen-bond donors (Lipinski definition) is 1. The molecule has 2 aliphatic rings. The fraction of sp³-hybridized carbons (Fsp3) is 0.286. The molecule has 2 aromatic heterocycles. The van der Waals surface area contributed by atoms with Crippen LogP contribution in [-0.2, 0) is 0 Å². The third-order valence-corrected chi connectivity index (χ3v) is 7.64. The molecular weight excluding hydrogens is 460 g/mol. The highest BCUT2D eigenvalue weighted by Gasteiger charge is 2.49. The maximum atomic E-state index is 14.2. The van der Waals surface area contributed by atoms with Crippen LogP contribution in [0.15, 0.2) is 52.8 Å². The summed E-state index contributed by atoms with van der Waals surface area (Å²) in [7, 11) is 0. The molecule has 0 amide bonds. The molecule has 160 valence electrons. The van der Waals surface area contributed by atoms with E-state index in [-0.39, 0.29) is 17.0 Å². The lowest BCUT2D eigenvalue weighted by molar-refractivity contribution is 0.0402. The molecule has 1 spiro atoms. The quantitative estimate of drug-likeness (QED) is 0.537. The number of aromatic nitrogens is 3. The van der Waals surface area contributed by atoms with Gasteiger partial charge in [0.15, 0.2) is 11.6 Å². The smallest absolute Gasteiger partial charge is 0.165 e. The number of fused-ring (bicyclic) bond motifs is 1. The van der Waals surface area contributed by atoms with Gasteiger partial charge in [0, 0.05) is 42.6 Å². The molecule has 6 nitrogen and oxygen atoms in total. The number of nitrogens with zero attached hydrogens (tertiary/aromatic N) is 4. The molecule has 1 atom stereocenters. The Hall–Kier alpha value is -2.13. The van der Waals surface area contributed by atoms with Gasteiger partial charge in [-0.05, 0) is 12.1 Å². The lowest BCUT2D eigenvalue weighted by atomic mass is 9.83. The Bertz CT molecular complexity index is 1130. The highest BCUT2D eigenvalue weighted by molar-refractivity contribution is 7.99. The van der Waals surface area contributed by atoms with Crippen LogP contribution in [0.4, 0.5) is 10.2 Å². The van der Waals surface area contributed by atoms with Crippen molar-refractivity contribution in [2.45, 2.75) is 34.4 Å². The van der Waals surface area contributed by atoms with Crippen molar-refractivity contribution in [3.05, 3.63) is 64.4 Å². The van der Waals surface area contributed by atoms with E-state index in [0.717, 1.165) is 16.3 Å². The maximum Gasteiger partial charge on any atom is 0.165 e. The molecule has 1 fully saturated rings. The van der Waals surface area contributed by atoms with Crippen LogP contribution in [0.5, 0.6) is 5.75 Å². The van der Waals surface area contributed by atoms with Crippen LogP contribution in [0.25, 0.3) is 0 Å². The zero-order chi connectivity index (χ0) is 21.6. The van der Waals surface area contributed by atoms with Crippen molar-refractivity contribution < 1.29 is 9.13 Å². The number of rotatable bonds is 3. The second-order valence-electron chi connectivity index (χ2n) is 7.52. The standard InChI is InChI=1S/C21H18Cl2FN5OS/c22-17-14(4-7-26-20(17)23)31-16-11-27-15(10-28-16)29-8-5-21(6-9-29)19(25)12-2-1-3-13(24)18(12)30-21/h1-4,7,10-11,19H,5-6,8-9,25H2/t19-/m1/s1. The summed E-state index contributed by atoms with van der Waals surface area (Å²) in [6.07, 6.45) is 6.39. The summed E-state index contributed by atoms with van der Waals surface area (Å²) in [6, 6.07) is 6.36. The third-order valence-electron chi connectivity index (χ3n) is 5.78.